The maximum absolute atomic E-state index is 14.3. The average Bonchev–Trinajstić information content (AvgIpc) is 2.70. The van der Waals surface area contributed by atoms with Crippen molar-refractivity contribution in [3.8, 4) is 0 Å². The van der Waals surface area contributed by atoms with Crippen molar-refractivity contribution in [2.45, 2.75) is 80.4 Å². The van der Waals surface area contributed by atoms with Gasteiger partial charge in [0.05, 0.1) is 6.42 Å². The first-order valence-electron chi connectivity index (χ1n) is 9.60. The maximum atomic E-state index is 14.3. The zero-order chi connectivity index (χ0) is 27.7. The summed E-state index contributed by atoms with van der Waals surface area (Å²) in [7, 11) is 0. The third-order valence-electron chi connectivity index (χ3n) is 5.26. The van der Waals surface area contributed by atoms with E-state index in [1.807, 2.05) is 0 Å². The van der Waals surface area contributed by atoms with Crippen LogP contribution in [-0.2, 0) is 14.3 Å². The van der Waals surface area contributed by atoms with Gasteiger partial charge in [-0.15, -0.1) is 0 Å². The van der Waals surface area contributed by atoms with E-state index in [9.17, 15) is 66.7 Å². The van der Waals surface area contributed by atoms with E-state index in [0.717, 1.165) is 0 Å². The topological polar surface area (TPSA) is 63.6 Å². The molecule has 35 heavy (non-hydrogen) atoms. The van der Waals surface area contributed by atoms with Crippen molar-refractivity contribution < 1.29 is 76.5 Å². The van der Waals surface area contributed by atoms with Gasteiger partial charge in [0.1, 0.15) is 6.10 Å². The number of carbonyl (C=O) groups is 2. The molecular formula is C18H17F13O4. The van der Waals surface area contributed by atoms with Crippen LogP contribution in [-0.4, -0.2) is 58.9 Å². The third-order valence-corrected chi connectivity index (χ3v) is 5.26. The van der Waals surface area contributed by atoms with Crippen LogP contribution < -0.4 is 0 Å². The highest BCUT2D eigenvalue weighted by Gasteiger charge is 2.90. The molecule has 0 aromatic carbocycles. The fourth-order valence-electron chi connectivity index (χ4n) is 3.32. The van der Waals surface area contributed by atoms with Crippen LogP contribution in [0.1, 0.15) is 38.5 Å². The van der Waals surface area contributed by atoms with E-state index in [1.54, 1.807) is 0 Å². The molecule has 1 fully saturated rings. The number of rotatable bonds is 10. The second-order valence-corrected chi connectivity index (χ2v) is 7.75. The van der Waals surface area contributed by atoms with Crippen LogP contribution in [0.3, 0.4) is 0 Å². The molecule has 0 aromatic rings. The van der Waals surface area contributed by atoms with E-state index in [4.69, 9.17) is 5.11 Å². The van der Waals surface area contributed by atoms with Gasteiger partial charge in [0, 0.05) is 12.2 Å². The molecule has 0 bridgehead atoms. The van der Waals surface area contributed by atoms with Gasteiger partial charge in [-0.25, -0.2) is 9.59 Å². The first-order chi connectivity index (χ1) is 15.5. The minimum absolute atomic E-state index is 0.124. The van der Waals surface area contributed by atoms with Crippen molar-refractivity contribution >= 4 is 11.9 Å². The van der Waals surface area contributed by atoms with Crippen LogP contribution in [0.4, 0.5) is 57.1 Å². The minimum atomic E-state index is -8.02. The molecule has 1 rings (SSSR count). The first-order valence-corrected chi connectivity index (χ1v) is 9.60. The van der Waals surface area contributed by atoms with E-state index in [0.29, 0.717) is 6.42 Å². The lowest BCUT2D eigenvalue weighted by atomic mass is 9.81. The summed E-state index contributed by atoms with van der Waals surface area (Å²) in [4.78, 5) is 22.0. The zero-order valence-corrected chi connectivity index (χ0v) is 17.1. The summed E-state index contributed by atoms with van der Waals surface area (Å²) in [6.45, 7) is 0. The Morgan fingerprint density at radius 3 is 1.63 bits per heavy atom. The molecule has 0 aromatic heterocycles. The van der Waals surface area contributed by atoms with Gasteiger partial charge in [0.25, 0.3) is 0 Å². The van der Waals surface area contributed by atoms with E-state index in [1.165, 1.54) is 0 Å². The van der Waals surface area contributed by atoms with Gasteiger partial charge >= 0.3 is 47.7 Å². The lowest BCUT2D eigenvalue weighted by Gasteiger charge is -2.41. The van der Waals surface area contributed by atoms with Crippen LogP contribution in [0.25, 0.3) is 0 Å². The van der Waals surface area contributed by atoms with Crippen LogP contribution >= 0.6 is 0 Å². The number of carboxylic acid groups (broad SMARTS) is 1. The molecule has 1 N–H and O–H groups in total. The van der Waals surface area contributed by atoms with Gasteiger partial charge in [-0.3, -0.25) is 0 Å². The number of alkyl halides is 13. The summed E-state index contributed by atoms with van der Waals surface area (Å²) in [5.74, 6) is -42.4. The molecule has 4 nitrogen and oxygen atoms in total. The summed E-state index contributed by atoms with van der Waals surface area (Å²) in [6, 6.07) is 0. The molecule has 204 valence electrons. The van der Waals surface area contributed by atoms with Crippen molar-refractivity contribution in [2.75, 3.05) is 0 Å². The second-order valence-electron chi connectivity index (χ2n) is 7.75. The SMILES string of the molecule is O=C(O)C=CC(=O)OC(CC(F)(F)C(F)(F)C(F)(F)C(F)(F)C(F)(F)C(F)(F)F)C1CCCCC1. The van der Waals surface area contributed by atoms with Crippen LogP contribution in [0, 0.1) is 5.92 Å². The Morgan fingerprint density at radius 2 is 1.20 bits per heavy atom. The molecule has 1 aliphatic rings. The number of carbonyl (C=O) groups excluding carboxylic acids is 1. The number of hydrogen-bond donors (Lipinski definition) is 1. The summed E-state index contributed by atoms with van der Waals surface area (Å²) in [5, 5.41) is 8.42. The monoisotopic (exact) mass is 544 g/mol. The number of halogens is 13. The van der Waals surface area contributed by atoms with Crippen molar-refractivity contribution in [1.82, 2.24) is 0 Å². The highest BCUT2D eigenvalue weighted by molar-refractivity contribution is 5.90. The molecule has 0 radical (unpaired) electrons. The number of hydrogen-bond acceptors (Lipinski definition) is 3. The standard InChI is InChI=1S/C18H17F13O4/c19-13(20,14(21,22)15(23,24)16(25,26)17(27,28)18(29,30)31)8-10(9-4-2-1-3-5-9)35-12(34)7-6-11(32)33/h6-7,9-10H,1-5,8H2,(H,32,33). The number of ether oxygens (including phenoxy) is 1. The molecule has 17 heteroatoms. The van der Waals surface area contributed by atoms with Crippen LogP contribution in [0.15, 0.2) is 12.2 Å². The number of esters is 1. The molecule has 1 atom stereocenters. The number of carboxylic acids is 1. The van der Waals surface area contributed by atoms with Crippen LogP contribution in [0.2, 0.25) is 0 Å². The quantitative estimate of drug-likeness (QED) is 0.201. The summed E-state index contributed by atoms with van der Waals surface area (Å²) in [5.41, 5.74) is 0. The zero-order valence-electron chi connectivity index (χ0n) is 17.1. The molecular weight excluding hydrogens is 527 g/mol. The van der Waals surface area contributed by atoms with Gasteiger partial charge in [-0.05, 0) is 18.8 Å². The van der Waals surface area contributed by atoms with Crippen molar-refractivity contribution in [3.63, 3.8) is 0 Å². The van der Waals surface area contributed by atoms with Crippen LogP contribution in [0.5, 0.6) is 0 Å². The Bertz CT molecular complexity index is 799. The normalized spacial score (nSPS) is 18.5. The molecule has 1 saturated carbocycles. The summed E-state index contributed by atoms with van der Waals surface area (Å²) in [6.07, 6.45) is -11.7. The van der Waals surface area contributed by atoms with Crippen molar-refractivity contribution in [1.29, 1.82) is 0 Å². The van der Waals surface area contributed by atoms with E-state index < -0.39 is 66.2 Å². The maximum Gasteiger partial charge on any atom is 0.460 e. The lowest BCUT2D eigenvalue weighted by molar-refractivity contribution is -0.441. The van der Waals surface area contributed by atoms with E-state index >= 15 is 0 Å². The molecule has 1 aliphatic carbocycles. The van der Waals surface area contributed by atoms with E-state index in [2.05, 4.69) is 4.74 Å². The molecule has 1 unspecified atom stereocenters. The summed E-state index contributed by atoms with van der Waals surface area (Å²) >= 11 is 0. The minimum Gasteiger partial charge on any atom is -0.478 e. The van der Waals surface area contributed by atoms with Gasteiger partial charge in [-0.2, -0.15) is 57.1 Å². The van der Waals surface area contributed by atoms with Gasteiger partial charge < -0.3 is 9.84 Å². The lowest BCUT2D eigenvalue weighted by Crippen LogP contribution is -2.70. The Balaban J connectivity index is 3.38. The molecule has 0 spiro atoms. The fourth-order valence-corrected chi connectivity index (χ4v) is 3.32. The van der Waals surface area contributed by atoms with Gasteiger partial charge in [0.2, 0.25) is 0 Å². The molecule has 0 aliphatic heterocycles. The Morgan fingerprint density at radius 1 is 0.743 bits per heavy atom. The van der Waals surface area contributed by atoms with Crippen molar-refractivity contribution in [2.24, 2.45) is 5.92 Å². The Kier molecular flexibility index (Phi) is 8.82. The molecule has 0 amide bonds. The van der Waals surface area contributed by atoms with Gasteiger partial charge in [0.15, 0.2) is 0 Å². The predicted octanol–water partition coefficient (Wildman–Crippen LogP) is 6.25. The highest BCUT2D eigenvalue weighted by Crippen LogP contribution is 2.61. The Hall–Kier alpha value is -2.23. The highest BCUT2D eigenvalue weighted by atomic mass is 19.4. The molecule has 0 saturated heterocycles. The van der Waals surface area contributed by atoms with E-state index in [-0.39, 0.29) is 37.8 Å². The fraction of sp³-hybridized carbons (Fsp3) is 0.778. The average molecular weight is 544 g/mol. The predicted molar refractivity (Wildman–Crippen MR) is 88.6 cm³/mol. The largest absolute Gasteiger partial charge is 0.478 e. The smallest absolute Gasteiger partial charge is 0.460 e. The van der Waals surface area contributed by atoms with Crippen molar-refractivity contribution in [3.05, 3.63) is 12.2 Å². The summed E-state index contributed by atoms with van der Waals surface area (Å²) < 4.78 is 178. The second kappa shape index (κ2) is 10.0. The Labute approximate surface area is 188 Å². The third kappa shape index (κ3) is 5.95. The first kappa shape index (κ1) is 30.8. The molecule has 0 heterocycles. The van der Waals surface area contributed by atoms with Gasteiger partial charge in [-0.1, -0.05) is 19.3 Å². The number of aliphatic carboxylic acids is 1.